The predicted octanol–water partition coefficient (Wildman–Crippen LogP) is 3.06. The van der Waals surface area contributed by atoms with Crippen LogP contribution in [-0.4, -0.2) is 21.3 Å². The maximum Gasteiger partial charge on any atom is 0.0705 e. The molecule has 3 aromatic rings. The number of nitrogens with one attached hydrogen (secondary N) is 1. The summed E-state index contributed by atoms with van der Waals surface area (Å²) in [5, 5.41) is 9.13. The van der Waals surface area contributed by atoms with Gasteiger partial charge in [-0.3, -0.25) is 9.67 Å². The number of pyridine rings is 1. The van der Waals surface area contributed by atoms with Crippen LogP contribution in [0.15, 0.2) is 48.9 Å². The van der Waals surface area contributed by atoms with Gasteiger partial charge in [-0.1, -0.05) is 25.1 Å². The molecule has 1 aromatic carbocycles. The number of hydrogen-bond acceptors (Lipinski definition) is 3. The fraction of sp³-hybridized carbons (Fsp3) is 0.294. The fourth-order valence-electron chi connectivity index (χ4n) is 2.66. The van der Waals surface area contributed by atoms with E-state index in [2.05, 4.69) is 52.8 Å². The van der Waals surface area contributed by atoms with Crippen molar-refractivity contribution in [1.29, 1.82) is 0 Å². The van der Waals surface area contributed by atoms with Gasteiger partial charge in [-0.15, -0.1) is 0 Å². The largest absolute Gasteiger partial charge is 0.306 e. The molecule has 4 heteroatoms. The Balaban J connectivity index is 2.09. The van der Waals surface area contributed by atoms with Gasteiger partial charge in [0.1, 0.15) is 0 Å². The van der Waals surface area contributed by atoms with Crippen molar-refractivity contribution in [3.8, 4) is 0 Å². The lowest BCUT2D eigenvalue weighted by Crippen LogP contribution is -2.23. The highest BCUT2D eigenvalue weighted by atomic mass is 15.2. The van der Waals surface area contributed by atoms with E-state index in [-0.39, 0.29) is 6.04 Å². The van der Waals surface area contributed by atoms with Crippen LogP contribution in [0.25, 0.3) is 10.9 Å². The molecule has 1 N–H and O–H groups in total. The minimum atomic E-state index is 0.145. The summed E-state index contributed by atoms with van der Waals surface area (Å²) >= 11 is 0. The molecule has 2 aromatic heterocycles. The van der Waals surface area contributed by atoms with Gasteiger partial charge in [-0.2, -0.15) is 5.10 Å². The molecule has 0 aliphatic rings. The van der Waals surface area contributed by atoms with E-state index >= 15 is 0 Å². The molecule has 0 aliphatic carbocycles. The van der Waals surface area contributed by atoms with E-state index < -0.39 is 0 Å². The monoisotopic (exact) mass is 280 g/mol. The highest BCUT2D eigenvalue weighted by molar-refractivity contribution is 5.82. The summed E-state index contributed by atoms with van der Waals surface area (Å²) in [5.41, 5.74) is 3.46. The molecule has 0 amide bonds. The van der Waals surface area contributed by atoms with Crippen molar-refractivity contribution < 1.29 is 0 Å². The van der Waals surface area contributed by atoms with Gasteiger partial charge in [0.15, 0.2) is 0 Å². The Hall–Kier alpha value is -2.20. The van der Waals surface area contributed by atoms with Crippen LogP contribution in [0.2, 0.25) is 0 Å². The van der Waals surface area contributed by atoms with Crippen LogP contribution in [0.5, 0.6) is 0 Å². The van der Waals surface area contributed by atoms with E-state index in [1.807, 2.05) is 30.2 Å². The number of hydrogen-bond donors (Lipinski definition) is 1. The van der Waals surface area contributed by atoms with Crippen LogP contribution >= 0.6 is 0 Å². The second-order valence-corrected chi connectivity index (χ2v) is 5.25. The molecule has 1 atom stereocenters. The summed E-state index contributed by atoms with van der Waals surface area (Å²) in [6.07, 6.45) is 6.94. The molecular formula is C17H20N4. The zero-order chi connectivity index (χ0) is 14.7. The first-order valence-corrected chi connectivity index (χ1v) is 7.35. The molecule has 0 bridgehead atoms. The van der Waals surface area contributed by atoms with Gasteiger partial charge in [0, 0.05) is 30.4 Å². The first kappa shape index (κ1) is 13.8. The molecule has 4 nitrogen and oxygen atoms in total. The summed E-state index contributed by atoms with van der Waals surface area (Å²) in [7, 11) is 1.95. The molecule has 0 fully saturated rings. The van der Waals surface area contributed by atoms with Gasteiger partial charge in [-0.05, 0) is 30.7 Å². The van der Waals surface area contributed by atoms with E-state index in [9.17, 15) is 0 Å². The predicted molar refractivity (Wildman–Crippen MR) is 85.1 cm³/mol. The molecule has 0 radical (unpaired) electrons. The quantitative estimate of drug-likeness (QED) is 0.781. The number of benzene rings is 1. The van der Waals surface area contributed by atoms with Gasteiger partial charge in [0.25, 0.3) is 0 Å². The smallest absolute Gasteiger partial charge is 0.0705 e. The standard InChI is InChI=1S/C17H20N4/c1-3-9-19-17(13-11-20-21(2)12-13)15-6-4-8-16-14(15)7-5-10-18-16/h4-8,10-12,17,19H,3,9H2,1-2H3. The highest BCUT2D eigenvalue weighted by Crippen LogP contribution is 2.27. The summed E-state index contributed by atoms with van der Waals surface area (Å²) in [6, 6.07) is 10.6. The van der Waals surface area contributed by atoms with Crippen LogP contribution in [0, 0.1) is 0 Å². The average Bonchev–Trinajstić information content (AvgIpc) is 2.94. The summed E-state index contributed by atoms with van der Waals surface area (Å²) in [6.45, 7) is 3.15. The van der Waals surface area contributed by atoms with Crippen molar-refractivity contribution in [2.75, 3.05) is 6.54 Å². The molecule has 0 spiro atoms. The van der Waals surface area contributed by atoms with Crippen LogP contribution in [0.4, 0.5) is 0 Å². The SMILES string of the molecule is CCCNC(c1cnn(C)c1)c1cccc2ncccc12. The third kappa shape index (κ3) is 2.81. The molecule has 108 valence electrons. The van der Waals surface area contributed by atoms with Crippen LogP contribution < -0.4 is 5.32 Å². The number of rotatable bonds is 5. The molecule has 3 rings (SSSR count). The highest BCUT2D eigenvalue weighted by Gasteiger charge is 2.17. The van der Waals surface area contributed by atoms with Crippen molar-refractivity contribution in [3.05, 3.63) is 60.0 Å². The number of aromatic nitrogens is 3. The van der Waals surface area contributed by atoms with Gasteiger partial charge < -0.3 is 5.32 Å². The lowest BCUT2D eigenvalue weighted by Gasteiger charge is -2.19. The van der Waals surface area contributed by atoms with Crippen molar-refractivity contribution in [2.45, 2.75) is 19.4 Å². The van der Waals surface area contributed by atoms with E-state index in [1.165, 1.54) is 16.5 Å². The Morgan fingerprint density at radius 2 is 2.14 bits per heavy atom. The third-order valence-electron chi connectivity index (χ3n) is 3.65. The van der Waals surface area contributed by atoms with E-state index in [0.717, 1.165) is 18.5 Å². The lowest BCUT2D eigenvalue weighted by molar-refractivity contribution is 0.601. The van der Waals surface area contributed by atoms with Crippen molar-refractivity contribution in [1.82, 2.24) is 20.1 Å². The third-order valence-corrected chi connectivity index (χ3v) is 3.65. The molecule has 0 aliphatic heterocycles. The Kier molecular flexibility index (Phi) is 3.97. The molecule has 0 saturated heterocycles. The first-order valence-electron chi connectivity index (χ1n) is 7.35. The Labute approximate surface area is 124 Å². The number of aryl methyl sites for hydroxylation is 1. The van der Waals surface area contributed by atoms with Crippen LogP contribution in [-0.2, 0) is 7.05 Å². The van der Waals surface area contributed by atoms with Crippen molar-refractivity contribution in [3.63, 3.8) is 0 Å². The molecule has 21 heavy (non-hydrogen) atoms. The number of nitrogens with zero attached hydrogens (tertiary/aromatic N) is 3. The summed E-state index contributed by atoms with van der Waals surface area (Å²) < 4.78 is 1.85. The fourth-order valence-corrected chi connectivity index (χ4v) is 2.66. The molecule has 1 unspecified atom stereocenters. The Morgan fingerprint density at radius 3 is 2.90 bits per heavy atom. The van der Waals surface area contributed by atoms with Gasteiger partial charge in [0.05, 0.1) is 17.8 Å². The van der Waals surface area contributed by atoms with Crippen molar-refractivity contribution in [2.24, 2.45) is 7.05 Å². The topological polar surface area (TPSA) is 42.7 Å². The van der Waals surface area contributed by atoms with Gasteiger partial charge in [-0.25, -0.2) is 0 Å². The Morgan fingerprint density at radius 1 is 1.24 bits per heavy atom. The first-order chi connectivity index (χ1) is 10.3. The minimum Gasteiger partial charge on any atom is -0.306 e. The Bertz CT molecular complexity index is 727. The average molecular weight is 280 g/mol. The second kappa shape index (κ2) is 6.06. The maximum absolute atomic E-state index is 4.45. The van der Waals surface area contributed by atoms with Crippen LogP contribution in [0.1, 0.15) is 30.5 Å². The summed E-state index contributed by atoms with van der Waals surface area (Å²) in [5.74, 6) is 0. The van der Waals surface area contributed by atoms with Crippen molar-refractivity contribution >= 4 is 10.9 Å². The lowest BCUT2D eigenvalue weighted by atomic mass is 9.97. The van der Waals surface area contributed by atoms with E-state index in [1.54, 1.807) is 0 Å². The number of fused-ring (bicyclic) bond motifs is 1. The second-order valence-electron chi connectivity index (χ2n) is 5.25. The molecule has 0 saturated carbocycles. The zero-order valence-corrected chi connectivity index (χ0v) is 12.5. The maximum atomic E-state index is 4.45. The normalized spacial score (nSPS) is 12.7. The molecule has 2 heterocycles. The van der Waals surface area contributed by atoms with Gasteiger partial charge >= 0.3 is 0 Å². The van der Waals surface area contributed by atoms with Gasteiger partial charge in [0.2, 0.25) is 0 Å². The minimum absolute atomic E-state index is 0.145. The zero-order valence-electron chi connectivity index (χ0n) is 12.5. The molecular weight excluding hydrogens is 260 g/mol. The van der Waals surface area contributed by atoms with Crippen LogP contribution in [0.3, 0.4) is 0 Å². The van der Waals surface area contributed by atoms with E-state index in [4.69, 9.17) is 0 Å². The van der Waals surface area contributed by atoms with E-state index in [0.29, 0.717) is 0 Å². The summed E-state index contributed by atoms with van der Waals surface area (Å²) in [4.78, 5) is 4.45.